The van der Waals surface area contributed by atoms with Gasteiger partial charge in [-0.3, -0.25) is 0 Å². The van der Waals surface area contributed by atoms with E-state index >= 15 is 0 Å². The highest BCUT2D eigenvalue weighted by molar-refractivity contribution is 5.43. The van der Waals surface area contributed by atoms with Crippen LogP contribution >= 0.6 is 0 Å². The Balaban J connectivity index is 2.14. The number of aryl methyl sites for hydroxylation is 1. The monoisotopic (exact) mass is 249 g/mol. The molecule has 1 saturated carbocycles. The molecule has 1 aromatic heterocycles. The third kappa shape index (κ3) is 2.41. The molecule has 5 nitrogen and oxygen atoms in total. The van der Waals surface area contributed by atoms with E-state index in [1.165, 1.54) is 19.3 Å². The van der Waals surface area contributed by atoms with Crippen LogP contribution in [0.15, 0.2) is 6.07 Å². The quantitative estimate of drug-likeness (QED) is 0.871. The molecule has 2 N–H and O–H groups in total. The fraction of sp³-hybridized carbons (Fsp3) is 0.692. The van der Waals surface area contributed by atoms with E-state index in [1.54, 1.807) is 0 Å². The van der Waals surface area contributed by atoms with Gasteiger partial charge in [0.25, 0.3) is 0 Å². The lowest BCUT2D eigenvalue weighted by atomic mass is 9.75. The van der Waals surface area contributed by atoms with Gasteiger partial charge in [-0.05, 0) is 40.3 Å². The standard InChI is InChI=1S/C13H23N5/c1-10-8-11(16-12(14)15-10)18(4)9-13(17(2)3)6-5-7-13/h8H,5-7,9H2,1-4H3,(H2,14,15,16). The van der Waals surface area contributed by atoms with Crippen molar-refractivity contribution in [1.29, 1.82) is 0 Å². The zero-order valence-corrected chi connectivity index (χ0v) is 11.8. The van der Waals surface area contributed by atoms with Crippen LogP contribution in [-0.4, -0.2) is 48.1 Å². The Morgan fingerprint density at radius 1 is 1.28 bits per heavy atom. The Kier molecular flexibility index (Phi) is 3.43. The number of anilines is 2. The van der Waals surface area contributed by atoms with Crippen molar-refractivity contribution in [3.8, 4) is 0 Å². The second-order valence-corrected chi connectivity index (χ2v) is 5.55. The number of nitrogen functional groups attached to an aromatic ring is 1. The van der Waals surface area contributed by atoms with Crippen molar-refractivity contribution in [2.24, 2.45) is 0 Å². The second kappa shape index (κ2) is 4.72. The van der Waals surface area contributed by atoms with Crippen molar-refractivity contribution >= 4 is 11.8 Å². The van der Waals surface area contributed by atoms with E-state index in [0.29, 0.717) is 11.5 Å². The van der Waals surface area contributed by atoms with Crippen LogP contribution in [0.2, 0.25) is 0 Å². The molecule has 1 aliphatic rings. The smallest absolute Gasteiger partial charge is 0.222 e. The molecule has 0 saturated heterocycles. The molecule has 0 bridgehead atoms. The number of hydrogen-bond acceptors (Lipinski definition) is 5. The van der Waals surface area contributed by atoms with Gasteiger partial charge >= 0.3 is 0 Å². The molecule has 2 rings (SSSR count). The largest absolute Gasteiger partial charge is 0.368 e. The van der Waals surface area contributed by atoms with Crippen molar-refractivity contribution in [2.75, 3.05) is 38.3 Å². The van der Waals surface area contributed by atoms with Gasteiger partial charge < -0.3 is 15.5 Å². The molecule has 0 aliphatic heterocycles. The van der Waals surface area contributed by atoms with Crippen molar-refractivity contribution < 1.29 is 0 Å². The van der Waals surface area contributed by atoms with Crippen molar-refractivity contribution in [1.82, 2.24) is 14.9 Å². The summed E-state index contributed by atoms with van der Waals surface area (Å²) in [5.74, 6) is 1.26. The Morgan fingerprint density at radius 3 is 2.39 bits per heavy atom. The molecule has 5 heteroatoms. The fourth-order valence-corrected chi connectivity index (χ4v) is 2.62. The number of aromatic nitrogens is 2. The van der Waals surface area contributed by atoms with Crippen LogP contribution in [0.5, 0.6) is 0 Å². The lowest BCUT2D eigenvalue weighted by Crippen LogP contribution is -2.56. The molecule has 0 radical (unpaired) electrons. The van der Waals surface area contributed by atoms with Crippen LogP contribution in [0.3, 0.4) is 0 Å². The third-order valence-electron chi connectivity index (χ3n) is 4.01. The van der Waals surface area contributed by atoms with Crippen LogP contribution in [0.25, 0.3) is 0 Å². The maximum atomic E-state index is 5.71. The normalized spacial score (nSPS) is 17.6. The summed E-state index contributed by atoms with van der Waals surface area (Å²) < 4.78 is 0. The maximum Gasteiger partial charge on any atom is 0.222 e. The molecule has 1 fully saturated rings. The summed E-state index contributed by atoms with van der Waals surface area (Å²) in [6, 6.07) is 1.98. The molecule has 0 amide bonds. The Morgan fingerprint density at radius 2 is 1.94 bits per heavy atom. The lowest BCUT2D eigenvalue weighted by molar-refractivity contribution is 0.0682. The summed E-state index contributed by atoms with van der Waals surface area (Å²) in [5, 5.41) is 0. The number of rotatable bonds is 4. The molecule has 0 atom stereocenters. The first kappa shape index (κ1) is 13.1. The summed E-state index contributed by atoms with van der Waals surface area (Å²) in [5.41, 5.74) is 6.92. The zero-order chi connectivity index (χ0) is 13.3. The maximum absolute atomic E-state index is 5.71. The summed E-state index contributed by atoms with van der Waals surface area (Å²) in [4.78, 5) is 12.9. The molecule has 100 valence electrons. The first-order valence-corrected chi connectivity index (χ1v) is 6.43. The summed E-state index contributed by atoms with van der Waals surface area (Å²) >= 11 is 0. The minimum absolute atomic E-state index is 0.294. The highest BCUT2D eigenvalue weighted by Gasteiger charge is 2.40. The highest BCUT2D eigenvalue weighted by atomic mass is 15.3. The first-order valence-electron chi connectivity index (χ1n) is 6.43. The van der Waals surface area contributed by atoms with Gasteiger partial charge in [0.1, 0.15) is 5.82 Å². The van der Waals surface area contributed by atoms with Gasteiger partial charge in [-0.2, -0.15) is 4.98 Å². The van der Waals surface area contributed by atoms with E-state index in [4.69, 9.17) is 5.73 Å². The molecule has 18 heavy (non-hydrogen) atoms. The van der Waals surface area contributed by atoms with Gasteiger partial charge in [-0.1, -0.05) is 0 Å². The van der Waals surface area contributed by atoms with Crippen molar-refractivity contribution in [3.05, 3.63) is 11.8 Å². The summed E-state index contributed by atoms with van der Waals surface area (Å²) in [7, 11) is 6.39. The van der Waals surface area contributed by atoms with Gasteiger partial charge in [-0.25, -0.2) is 4.98 Å². The molecular formula is C13H23N5. The lowest BCUT2D eigenvalue weighted by Gasteiger charge is -2.49. The number of nitrogens with two attached hydrogens (primary N) is 1. The van der Waals surface area contributed by atoms with E-state index in [2.05, 4.69) is 40.9 Å². The summed E-state index contributed by atoms with van der Waals surface area (Å²) in [6.45, 7) is 2.93. The van der Waals surface area contributed by atoms with Crippen LogP contribution in [-0.2, 0) is 0 Å². The number of hydrogen-bond donors (Lipinski definition) is 1. The SMILES string of the molecule is Cc1cc(N(C)CC2(N(C)C)CCC2)nc(N)n1. The van der Waals surface area contributed by atoms with Crippen molar-refractivity contribution in [2.45, 2.75) is 31.7 Å². The molecular weight excluding hydrogens is 226 g/mol. The molecule has 0 unspecified atom stereocenters. The molecule has 1 aliphatic carbocycles. The number of likely N-dealkylation sites (N-methyl/N-ethyl adjacent to an activating group) is 2. The van der Waals surface area contributed by atoms with Gasteiger partial charge in [0.2, 0.25) is 5.95 Å². The third-order valence-corrected chi connectivity index (χ3v) is 4.01. The molecule has 0 aromatic carbocycles. The van der Waals surface area contributed by atoms with E-state index in [1.807, 2.05) is 13.0 Å². The number of nitrogens with zero attached hydrogens (tertiary/aromatic N) is 4. The first-order chi connectivity index (χ1) is 8.43. The van der Waals surface area contributed by atoms with Crippen LogP contribution in [0.4, 0.5) is 11.8 Å². The van der Waals surface area contributed by atoms with Crippen LogP contribution < -0.4 is 10.6 Å². The molecule has 1 heterocycles. The van der Waals surface area contributed by atoms with E-state index in [0.717, 1.165) is 18.1 Å². The van der Waals surface area contributed by atoms with Crippen LogP contribution in [0, 0.1) is 6.92 Å². The van der Waals surface area contributed by atoms with Crippen LogP contribution in [0.1, 0.15) is 25.0 Å². The average Bonchev–Trinajstić information content (AvgIpc) is 2.21. The van der Waals surface area contributed by atoms with Gasteiger partial charge in [0, 0.05) is 30.9 Å². The predicted octanol–water partition coefficient (Wildman–Crippen LogP) is 1.29. The zero-order valence-electron chi connectivity index (χ0n) is 11.8. The summed E-state index contributed by atoms with van der Waals surface area (Å²) in [6.07, 6.45) is 3.82. The van der Waals surface area contributed by atoms with E-state index in [-0.39, 0.29) is 0 Å². The highest BCUT2D eigenvalue weighted by Crippen LogP contribution is 2.37. The molecule has 0 spiro atoms. The Bertz CT molecular complexity index is 405. The topological polar surface area (TPSA) is 58.3 Å². The van der Waals surface area contributed by atoms with E-state index < -0.39 is 0 Å². The van der Waals surface area contributed by atoms with Gasteiger partial charge in [-0.15, -0.1) is 0 Å². The predicted molar refractivity (Wildman–Crippen MR) is 74.7 cm³/mol. The minimum atomic E-state index is 0.294. The minimum Gasteiger partial charge on any atom is -0.368 e. The Labute approximate surface area is 109 Å². The Hall–Kier alpha value is -1.36. The van der Waals surface area contributed by atoms with Crippen molar-refractivity contribution in [3.63, 3.8) is 0 Å². The molecule has 1 aromatic rings. The second-order valence-electron chi connectivity index (χ2n) is 5.55. The van der Waals surface area contributed by atoms with Gasteiger partial charge in [0.15, 0.2) is 0 Å². The average molecular weight is 249 g/mol. The van der Waals surface area contributed by atoms with Gasteiger partial charge in [0.05, 0.1) is 0 Å². The fourth-order valence-electron chi connectivity index (χ4n) is 2.62. The van der Waals surface area contributed by atoms with E-state index in [9.17, 15) is 0 Å².